The molecule has 7 nitrogen and oxygen atoms in total. The largest absolute Gasteiger partial charge is 0.349 e. The van der Waals surface area contributed by atoms with Gasteiger partial charge in [-0.2, -0.15) is 5.10 Å². The number of aryl methyl sites for hydroxylation is 1. The zero-order valence-electron chi connectivity index (χ0n) is 17.5. The van der Waals surface area contributed by atoms with Gasteiger partial charge in [0.25, 0.3) is 11.5 Å². The predicted molar refractivity (Wildman–Crippen MR) is 120 cm³/mol. The van der Waals surface area contributed by atoms with Gasteiger partial charge in [-0.1, -0.05) is 30.3 Å². The summed E-state index contributed by atoms with van der Waals surface area (Å²) in [6.45, 7) is 2.87. The Morgan fingerprint density at radius 1 is 1.03 bits per heavy atom. The standard InChI is InChI=1S/C24H25N5O2/c1-27-22-15-18(7-8-20(22)29-21(24(27)31)9-12-25-29)23(30)26-19-10-13-28(14-11-19)16-17-5-3-2-4-6-17/h2-9,12,15,19H,10-11,13-14,16H2,1H3,(H,26,30). The quantitative estimate of drug-likeness (QED) is 0.556. The SMILES string of the molecule is Cn1c(=O)c2ccnn2c2ccc(C(=O)NC3CCN(Cc4ccccc4)CC3)cc21. The number of amides is 1. The maximum Gasteiger partial charge on any atom is 0.276 e. The van der Waals surface area contributed by atoms with Gasteiger partial charge in [-0.3, -0.25) is 14.5 Å². The maximum absolute atomic E-state index is 12.9. The summed E-state index contributed by atoms with van der Waals surface area (Å²) in [7, 11) is 1.72. The fourth-order valence-corrected chi connectivity index (χ4v) is 4.40. The number of piperidine rings is 1. The highest BCUT2D eigenvalue weighted by Gasteiger charge is 2.21. The van der Waals surface area contributed by atoms with Crippen LogP contribution in [0.15, 0.2) is 65.6 Å². The summed E-state index contributed by atoms with van der Waals surface area (Å²) < 4.78 is 3.20. The Balaban J connectivity index is 1.28. The lowest BCUT2D eigenvalue weighted by Gasteiger charge is -2.32. The minimum atomic E-state index is -0.131. The molecule has 4 aromatic rings. The molecule has 0 aliphatic carbocycles. The van der Waals surface area contributed by atoms with Crippen molar-refractivity contribution in [3.8, 4) is 0 Å². The molecule has 158 valence electrons. The topological polar surface area (TPSA) is 71.6 Å². The third kappa shape index (κ3) is 3.72. The van der Waals surface area contributed by atoms with Gasteiger partial charge in [0.2, 0.25) is 0 Å². The number of aromatic nitrogens is 3. The second-order valence-electron chi connectivity index (χ2n) is 8.21. The summed E-state index contributed by atoms with van der Waals surface area (Å²) in [6, 6.07) is 17.8. The van der Waals surface area contributed by atoms with Crippen molar-refractivity contribution in [1.29, 1.82) is 0 Å². The molecule has 5 rings (SSSR count). The third-order valence-electron chi connectivity index (χ3n) is 6.17. The molecule has 1 saturated heterocycles. The molecular weight excluding hydrogens is 390 g/mol. The fraction of sp³-hybridized carbons (Fsp3) is 0.292. The third-order valence-corrected chi connectivity index (χ3v) is 6.17. The number of nitrogens with zero attached hydrogens (tertiary/aromatic N) is 4. The van der Waals surface area contributed by atoms with E-state index in [0.717, 1.165) is 38.0 Å². The van der Waals surface area contributed by atoms with E-state index in [-0.39, 0.29) is 17.5 Å². The van der Waals surface area contributed by atoms with Gasteiger partial charge in [0.05, 0.1) is 17.2 Å². The van der Waals surface area contributed by atoms with Crippen molar-refractivity contribution in [2.24, 2.45) is 7.05 Å². The highest BCUT2D eigenvalue weighted by atomic mass is 16.1. The number of carbonyl (C=O) groups excluding carboxylic acids is 1. The molecule has 1 fully saturated rings. The number of hydrogen-bond acceptors (Lipinski definition) is 4. The molecular formula is C24H25N5O2. The van der Waals surface area contributed by atoms with Gasteiger partial charge in [-0.15, -0.1) is 0 Å². The molecule has 0 bridgehead atoms. The van der Waals surface area contributed by atoms with E-state index in [0.29, 0.717) is 16.6 Å². The molecule has 0 unspecified atom stereocenters. The molecule has 7 heteroatoms. The monoisotopic (exact) mass is 415 g/mol. The van der Waals surface area contributed by atoms with E-state index in [2.05, 4.69) is 39.6 Å². The van der Waals surface area contributed by atoms with Crippen molar-refractivity contribution < 1.29 is 4.79 Å². The van der Waals surface area contributed by atoms with Crippen LogP contribution in [-0.4, -0.2) is 44.1 Å². The molecule has 3 heterocycles. The summed E-state index contributed by atoms with van der Waals surface area (Å²) >= 11 is 0. The first-order valence-corrected chi connectivity index (χ1v) is 10.6. The molecule has 1 aliphatic heterocycles. The van der Waals surface area contributed by atoms with Crippen molar-refractivity contribution in [2.45, 2.75) is 25.4 Å². The van der Waals surface area contributed by atoms with Gasteiger partial charge in [-0.05, 0) is 42.7 Å². The van der Waals surface area contributed by atoms with Gasteiger partial charge in [0.15, 0.2) is 0 Å². The Labute approximate surface area is 179 Å². The Hall–Kier alpha value is -3.45. The molecule has 1 aliphatic rings. The summed E-state index contributed by atoms with van der Waals surface area (Å²) in [4.78, 5) is 27.9. The van der Waals surface area contributed by atoms with Crippen molar-refractivity contribution >= 4 is 22.5 Å². The van der Waals surface area contributed by atoms with Gasteiger partial charge in [-0.25, -0.2) is 4.52 Å². The number of likely N-dealkylation sites (tertiary alicyclic amines) is 1. The first-order chi connectivity index (χ1) is 15.1. The van der Waals surface area contributed by atoms with E-state index in [9.17, 15) is 9.59 Å². The van der Waals surface area contributed by atoms with Gasteiger partial charge < -0.3 is 9.88 Å². The maximum atomic E-state index is 12.9. The van der Waals surface area contributed by atoms with Gasteiger partial charge >= 0.3 is 0 Å². The first-order valence-electron chi connectivity index (χ1n) is 10.6. The molecule has 2 aromatic heterocycles. The molecule has 1 N–H and O–H groups in total. The lowest BCUT2D eigenvalue weighted by Crippen LogP contribution is -2.44. The zero-order chi connectivity index (χ0) is 21.4. The van der Waals surface area contributed by atoms with Crippen LogP contribution in [-0.2, 0) is 13.6 Å². The average molecular weight is 415 g/mol. The lowest BCUT2D eigenvalue weighted by atomic mass is 10.0. The number of benzene rings is 2. The summed E-state index contributed by atoms with van der Waals surface area (Å²) in [5, 5.41) is 7.43. The average Bonchev–Trinajstić information content (AvgIpc) is 3.29. The van der Waals surface area contributed by atoms with Crippen LogP contribution in [0, 0.1) is 0 Å². The number of fused-ring (bicyclic) bond motifs is 3. The van der Waals surface area contributed by atoms with Crippen LogP contribution in [0.25, 0.3) is 16.6 Å². The lowest BCUT2D eigenvalue weighted by molar-refractivity contribution is 0.0909. The van der Waals surface area contributed by atoms with Crippen molar-refractivity contribution in [3.63, 3.8) is 0 Å². The molecule has 31 heavy (non-hydrogen) atoms. The number of carbonyl (C=O) groups is 1. The van der Waals surface area contributed by atoms with Crippen LogP contribution in [0.3, 0.4) is 0 Å². The number of rotatable bonds is 4. The number of nitrogens with one attached hydrogen (secondary N) is 1. The minimum absolute atomic E-state index is 0.101. The van der Waals surface area contributed by atoms with Gasteiger partial charge in [0, 0.05) is 38.3 Å². The van der Waals surface area contributed by atoms with E-state index >= 15 is 0 Å². The second-order valence-corrected chi connectivity index (χ2v) is 8.21. The summed E-state index contributed by atoms with van der Waals surface area (Å²) in [5.41, 5.74) is 3.75. The second kappa shape index (κ2) is 8.00. The van der Waals surface area contributed by atoms with Crippen molar-refractivity contribution in [2.75, 3.05) is 13.1 Å². The molecule has 0 spiro atoms. The minimum Gasteiger partial charge on any atom is -0.349 e. The summed E-state index contributed by atoms with van der Waals surface area (Å²) in [6.07, 6.45) is 3.47. The Morgan fingerprint density at radius 3 is 2.58 bits per heavy atom. The van der Waals surface area contributed by atoms with Crippen molar-refractivity contribution in [3.05, 3.63) is 82.3 Å². The predicted octanol–water partition coefficient (Wildman–Crippen LogP) is 2.58. The van der Waals surface area contributed by atoms with E-state index in [4.69, 9.17) is 0 Å². The van der Waals surface area contributed by atoms with Crippen LogP contribution in [0.2, 0.25) is 0 Å². The number of hydrogen-bond donors (Lipinski definition) is 1. The zero-order valence-corrected chi connectivity index (χ0v) is 17.5. The fourth-order valence-electron chi connectivity index (χ4n) is 4.40. The van der Waals surface area contributed by atoms with Crippen LogP contribution in [0.5, 0.6) is 0 Å². The highest BCUT2D eigenvalue weighted by molar-refractivity contribution is 5.97. The first kappa shape index (κ1) is 19.5. The van der Waals surface area contributed by atoms with E-state index < -0.39 is 0 Å². The highest BCUT2D eigenvalue weighted by Crippen LogP contribution is 2.18. The van der Waals surface area contributed by atoms with E-state index in [1.165, 1.54) is 5.56 Å². The van der Waals surface area contributed by atoms with Crippen LogP contribution in [0.4, 0.5) is 0 Å². The van der Waals surface area contributed by atoms with Crippen LogP contribution >= 0.6 is 0 Å². The van der Waals surface area contributed by atoms with Crippen LogP contribution < -0.4 is 10.9 Å². The molecule has 0 atom stereocenters. The van der Waals surface area contributed by atoms with E-state index in [1.807, 2.05) is 12.1 Å². The van der Waals surface area contributed by atoms with Crippen molar-refractivity contribution in [1.82, 2.24) is 24.4 Å². The Morgan fingerprint density at radius 2 is 1.81 bits per heavy atom. The molecule has 0 radical (unpaired) electrons. The van der Waals surface area contributed by atoms with Gasteiger partial charge in [0.1, 0.15) is 5.52 Å². The van der Waals surface area contributed by atoms with E-state index in [1.54, 1.807) is 40.5 Å². The molecule has 1 amide bonds. The smallest absolute Gasteiger partial charge is 0.276 e. The van der Waals surface area contributed by atoms with Crippen LogP contribution in [0.1, 0.15) is 28.8 Å². The Kier molecular flexibility index (Phi) is 5.03. The molecule has 2 aromatic carbocycles. The molecule has 0 saturated carbocycles. The summed E-state index contributed by atoms with van der Waals surface area (Å²) in [5.74, 6) is -0.101. The Bertz CT molecular complexity index is 1300. The normalized spacial score (nSPS) is 15.5.